The molecule has 2 aromatic rings. The molecule has 224 valence electrons. The molecule has 0 bridgehead atoms. The van der Waals surface area contributed by atoms with E-state index in [-0.39, 0.29) is 17.2 Å². The van der Waals surface area contributed by atoms with E-state index < -0.39 is 24.1 Å². The largest absolute Gasteiger partial charge is 0.573 e. The van der Waals surface area contributed by atoms with Gasteiger partial charge in [0.15, 0.2) is 0 Å². The lowest BCUT2D eigenvalue weighted by Gasteiger charge is -2.39. The Hall–Kier alpha value is -4.11. The highest BCUT2D eigenvalue weighted by Crippen LogP contribution is 2.53. The summed E-state index contributed by atoms with van der Waals surface area (Å²) in [5.41, 5.74) is 1.54. The number of piperazine rings is 1. The van der Waals surface area contributed by atoms with Crippen LogP contribution in [0.3, 0.4) is 0 Å². The van der Waals surface area contributed by atoms with Gasteiger partial charge in [0, 0.05) is 50.1 Å². The van der Waals surface area contributed by atoms with Gasteiger partial charge in [-0.1, -0.05) is 18.2 Å². The lowest BCUT2D eigenvalue weighted by Crippen LogP contribution is -2.50. The molecule has 1 heterocycles. The highest BCUT2D eigenvalue weighted by molar-refractivity contribution is 5.89. The second kappa shape index (κ2) is 13.2. The highest BCUT2D eigenvalue weighted by atomic mass is 19.4. The molecule has 0 aromatic heterocycles. The molecule has 2 aliphatic carbocycles. The minimum atomic E-state index is -4.68. The number of ether oxygens (including phenoxy) is 1. The van der Waals surface area contributed by atoms with E-state index in [2.05, 4.69) is 14.5 Å². The predicted molar refractivity (Wildman–Crippen MR) is 144 cm³/mol. The Morgan fingerprint density at radius 2 is 1.52 bits per heavy atom. The molecule has 0 amide bonds. The SMILES string of the molecule is N#Cc1ccc(N2CCN(C3CC4CC(c5ccccc5OC(F)(F)F)CC4C3)CC2)cc1F.O=C(O)/C=C/C(=O)O. The number of benzene rings is 2. The summed E-state index contributed by atoms with van der Waals surface area (Å²) in [6.45, 7) is 3.42. The molecule has 3 fully saturated rings. The zero-order chi connectivity index (χ0) is 30.4. The molecule has 0 radical (unpaired) electrons. The van der Waals surface area contributed by atoms with Gasteiger partial charge in [0.25, 0.3) is 0 Å². The minimum Gasteiger partial charge on any atom is -0.478 e. The van der Waals surface area contributed by atoms with Crippen molar-refractivity contribution in [2.45, 2.75) is 44.0 Å². The number of para-hydroxylation sites is 1. The summed E-state index contributed by atoms with van der Waals surface area (Å²) in [4.78, 5) is 23.8. The van der Waals surface area contributed by atoms with Gasteiger partial charge < -0.3 is 19.8 Å². The summed E-state index contributed by atoms with van der Waals surface area (Å²) in [6.07, 6.45) is 0.406. The summed E-state index contributed by atoms with van der Waals surface area (Å²) in [6, 6.07) is 13.7. The molecule has 5 rings (SSSR count). The zero-order valence-electron chi connectivity index (χ0n) is 22.6. The van der Waals surface area contributed by atoms with Gasteiger partial charge in [-0.25, -0.2) is 14.0 Å². The van der Waals surface area contributed by atoms with E-state index >= 15 is 0 Å². The average molecular weight is 590 g/mol. The number of alkyl halides is 3. The number of aliphatic carboxylic acids is 2. The number of halogens is 4. The predicted octanol–water partition coefficient (Wildman–Crippen LogP) is 5.40. The van der Waals surface area contributed by atoms with Crippen molar-refractivity contribution in [2.75, 3.05) is 31.1 Å². The first kappa shape index (κ1) is 30.8. The molecule has 8 nitrogen and oxygen atoms in total. The number of anilines is 1. The zero-order valence-corrected chi connectivity index (χ0v) is 22.6. The number of carboxylic acids is 2. The molecule has 3 aliphatic rings. The summed E-state index contributed by atoms with van der Waals surface area (Å²) in [7, 11) is 0. The van der Waals surface area contributed by atoms with Crippen molar-refractivity contribution in [3.8, 4) is 11.8 Å². The molecule has 0 spiro atoms. The first-order chi connectivity index (χ1) is 19.9. The first-order valence-corrected chi connectivity index (χ1v) is 13.6. The van der Waals surface area contributed by atoms with Crippen LogP contribution in [0.5, 0.6) is 5.75 Å². The number of hydrogen-bond acceptors (Lipinski definition) is 6. The maximum atomic E-state index is 14.0. The Balaban J connectivity index is 0.000000446. The van der Waals surface area contributed by atoms with Crippen LogP contribution < -0.4 is 9.64 Å². The van der Waals surface area contributed by atoms with E-state index in [9.17, 15) is 27.2 Å². The standard InChI is InChI=1S/C26H27F4N3O.C4H4O4/c27-24-15-21(6-5-17(24)16-31)32-7-9-33(10-8-32)22-13-18-11-20(12-19(18)14-22)23-3-1-2-4-25(23)34-26(28,29)30;5-3(6)1-2-4(7)8/h1-6,15,18-20,22H,7-14H2;1-2H,(H,5,6)(H,7,8)/b;2-1+. The third-order valence-electron chi connectivity index (χ3n) is 8.21. The van der Waals surface area contributed by atoms with Crippen molar-refractivity contribution in [1.82, 2.24) is 4.90 Å². The number of carbonyl (C=O) groups is 2. The Labute approximate surface area is 240 Å². The smallest absolute Gasteiger partial charge is 0.478 e. The van der Waals surface area contributed by atoms with E-state index in [4.69, 9.17) is 15.5 Å². The van der Waals surface area contributed by atoms with Gasteiger partial charge in [-0.2, -0.15) is 5.26 Å². The minimum absolute atomic E-state index is 0.0609. The maximum absolute atomic E-state index is 14.0. The lowest BCUT2D eigenvalue weighted by molar-refractivity contribution is -0.275. The van der Waals surface area contributed by atoms with E-state index in [0.29, 0.717) is 35.6 Å². The summed E-state index contributed by atoms with van der Waals surface area (Å²) in [5.74, 6) is -1.90. The molecule has 1 saturated heterocycles. The Kier molecular flexibility index (Phi) is 9.73. The molecule has 1 aliphatic heterocycles. The fourth-order valence-electron chi connectivity index (χ4n) is 6.45. The van der Waals surface area contributed by atoms with Crippen LogP contribution in [0.1, 0.15) is 42.7 Å². The number of hydrogen-bond donors (Lipinski definition) is 2. The van der Waals surface area contributed by atoms with Gasteiger partial charge in [-0.15, -0.1) is 13.2 Å². The normalized spacial score (nSPS) is 24.0. The topological polar surface area (TPSA) is 114 Å². The Morgan fingerprint density at radius 3 is 2.05 bits per heavy atom. The molecule has 2 unspecified atom stereocenters. The highest BCUT2D eigenvalue weighted by Gasteiger charge is 2.45. The van der Waals surface area contributed by atoms with Crippen LogP contribution >= 0.6 is 0 Å². The summed E-state index contributed by atoms with van der Waals surface area (Å²) in [5, 5.41) is 24.5. The van der Waals surface area contributed by atoms with Crippen molar-refractivity contribution in [2.24, 2.45) is 11.8 Å². The fraction of sp³-hybridized carbons (Fsp3) is 0.433. The second-order valence-electron chi connectivity index (χ2n) is 10.7. The fourth-order valence-corrected chi connectivity index (χ4v) is 6.45. The molecular weight excluding hydrogens is 558 g/mol. The van der Waals surface area contributed by atoms with E-state index in [0.717, 1.165) is 57.5 Å². The quantitative estimate of drug-likeness (QED) is 0.340. The van der Waals surface area contributed by atoms with Gasteiger partial charge >= 0.3 is 18.3 Å². The molecular formula is C30H31F4N3O5. The maximum Gasteiger partial charge on any atom is 0.573 e. The number of carboxylic acid groups (broad SMARTS) is 2. The summed E-state index contributed by atoms with van der Waals surface area (Å²) < 4.78 is 56.8. The van der Waals surface area contributed by atoms with Gasteiger partial charge in [0.05, 0.1) is 5.56 Å². The van der Waals surface area contributed by atoms with Crippen LogP contribution in [0, 0.1) is 29.0 Å². The van der Waals surface area contributed by atoms with Gasteiger partial charge in [-0.3, -0.25) is 4.90 Å². The van der Waals surface area contributed by atoms with Gasteiger partial charge in [-0.05, 0) is 73.3 Å². The van der Waals surface area contributed by atoms with E-state index in [1.165, 1.54) is 18.2 Å². The monoisotopic (exact) mass is 589 g/mol. The average Bonchev–Trinajstić information content (AvgIpc) is 3.52. The van der Waals surface area contributed by atoms with E-state index in [1.54, 1.807) is 24.3 Å². The van der Waals surface area contributed by atoms with Crippen LogP contribution in [-0.2, 0) is 9.59 Å². The Bertz CT molecular complexity index is 1320. The molecule has 2 aromatic carbocycles. The third kappa shape index (κ3) is 8.00. The van der Waals surface area contributed by atoms with Crippen LogP contribution in [-0.4, -0.2) is 65.6 Å². The van der Waals surface area contributed by atoms with Gasteiger partial charge in [0.1, 0.15) is 17.6 Å². The number of nitrogens with zero attached hydrogens (tertiary/aromatic N) is 3. The molecule has 12 heteroatoms. The third-order valence-corrected chi connectivity index (χ3v) is 8.21. The van der Waals surface area contributed by atoms with Crippen LogP contribution in [0.4, 0.5) is 23.2 Å². The van der Waals surface area contributed by atoms with Crippen molar-refractivity contribution in [3.05, 3.63) is 71.6 Å². The van der Waals surface area contributed by atoms with Gasteiger partial charge in [0.2, 0.25) is 0 Å². The van der Waals surface area contributed by atoms with Crippen LogP contribution in [0.25, 0.3) is 0 Å². The molecule has 2 saturated carbocycles. The molecule has 2 atom stereocenters. The van der Waals surface area contributed by atoms with Crippen LogP contribution in [0.15, 0.2) is 54.6 Å². The first-order valence-electron chi connectivity index (χ1n) is 13.6. The van der Waals surface area contributed by atoms with E-state index in [1.807, 2.05) is 6.07 Å². The lowest BCUT2D eigenvalue weighted by atomic mass is 9.93. The van der Waals surface area contributed by atoms with Crippen molar-refractivity contribution in [3.63, 3.8) is 0 Å². The molecule has 42 heavy (non-hydrogen) atoms. The number of nitriles is 1. The van der Waals surface area contributed by atoms with Crippen molar-refractivity contribution >= 4 is 17.6 Å². The number of fused-ring (bicyclic) bond motifs is 1. The molecule has 2 N–H and O–H groups in total. The second-order valence-corrected chi connectivity index (χ2v) is 10.7. The number of rotatable bonds is 6. The van der Waals surface area contributed by atoms with Crippen LogP contribution in [0.2, 0.25) is 0 Å². The Morgan fingerprint density at radius 1 is 0.929 bits per heavy atom. The van der Waals surface area contributed by atoms with Crippen molar-refractivity contribution < 1.29 is 42.1 Å². The summed E-state index contributed by atoms with van der Waals surface area (Å²) >= 11 is 0. The van der Waals surface area contributed by atoms with Crippen molar-refractivity contribution in [1.29, 1.82) is 5.26 Å².